The number of hydrogen-bond donors (Lipinski definition) is 1. The van der Waals surface area contributed by atoms with Gasteiger partial charge >= 0.3 is 0 Å². The standard InChI is InChI=1S/C19H23N3O4/c1-12(20)13-4-6-22(7-5-13)19(23)17-18(26-11-21-17)14-2-3-15-16(10-14)25-9-8-24-15/h2-3,10-13H,4-9,20H2,1H3. The molecule has 2 aliphatic heterocycles. The third-order valence-corrected chi connectivity index (χ3v) is 5.14. The molecule has 26 heavy (non-hydrogen) atoms. The number of ether oxygens (including phenoxy) is 2. The lowest BCUT2D eigenvalue weighted by Gasteiger charge is -2.33. The third kappa shape index (κ3) is 3.14. The van der Waals surface area contributed by atoms with Crippen molar-refractivity contribution in [2.75, 3.05) is 26.3 Å². The van der Waals surface area contributed by atoms with Gasteiger partial charge in [0.15, 0.2) is 29.3 Å². The maximum absolute atomic E-state index is 12.9. The zero-order valence-electron chi connectivity index (χ0n) is 14.8. The van der Waals surface area contributed by atoms with E-state index in [0.29, 0.717) is 55.2 Å². The third-order valence-electron chi connectivity index (χ3n) is 5.14. The number of amides is 1. The second-order valence-electron chi connectivity index (χ2n) is 6.88. The minimum Gasteiger partial charge on any atom is -0.486 e. The maximum atomic E-state index is 12.9. The quantitative estimate of drug-likeness (QED) is 0.906. The molecular weight excluding hydrogens is 334 g/mol. The number of rotatable bonds is 3. The summed E-state index contributed by atoms with van der Waals surface area (Å²) < 4.78 is 16.7. The molecule has 1 saturated heterocycles. The highest BCUT2D eigenvalue weighted by molar-refractivity contribution is 5.97. The van der Waals surface area contributed by atoms with Crippen molar-refractivity contribution >= 4 is 5.91 Å². The number of nitrogens with zero attached hydrogens (tertiary/aromatic N) is 2. The van der Waals surface area contributed by atoms with Crippen LogP contribution < -0.4 is 15.2 Å². The second-order valence-corrected chi connectivity index (χ2v) is 6.88. The van der Waals surface area contributed by atoms with Gasteiger partial charge in [0.05, 0.1) is 0 Å². The molecule has 1 aromatic carbocycles. The van der Waals surface area contributed by atoms with Gasteiger partial charge in [-0.1, -0.05) is 0 Å². The summed E-state index contributed by atoms with van der Waals surface area (Å²) in [6.45, 7) is 4.46. The van der Waals surface area contributed by atoms with E-state index in [1.807, 2.05) is 30.0 Å². The van der Waals surface area contributed by atoms with E-state index in [1.54, 1.807) is 0 Å². The molecule has 0 spiro atoms. The fraction of sp³-hybridized carbons (Fsp3) is 0.474. The summed E-state index contributed by atoms with van der Waals surface area (Å²) >= 11 is 0. The molecule has 0 aliphatic carbocycles. The van der Waals surface area contributed by atoms with Gasteiger partial charge in [-0.2, -0.15) is 0 Å². The van der Waals surface area contributed by atoms with Crippen LogP contribution in [-0.4, -0.2) is 48.1 Å². The molecule has 138 valence electrons. The minimum atomic E-state index is -0.105. The van der Waals surface area contributed by atoms with E-state index in [9.17, 15) is 4.79 Å². The molecule has 7 nitrogen and oxygen atoms in total. The van der Waals surface area contributed by atoms with Crippen molar-refractivity contribution < 1.29 is 18.7 Å². The van der Waals surface area contributed by atoms with Gasteiger partial charge in [-0.05, 0) is 43.9 Å². The zero-order chi connectivity index (χ0) is 18.1. The molecule has 1 fully saturated rings. The highest BCUT2D eigenvalue weighted by atomic mass is 16.6. The Hall–Kier alpha value is -2.54. The predicted octanol–water partition coefficient (Wildman–Crippen LogP) is 2.31. The Kier molecular flexibility index (Phi) is 4.55. The van der Waals surface area contributed by atoms with E-state index < -0.39 is 0 Å². The molecule has 0 bridgehead atoms. The van der Waals surface area contributed by atoms with Gasteiger partial charge in [0.2, 0.25) is 0 Å². The largest absolute Gasteiger partial charge is 0.486 e. The summed E-state index contributed by atoms with van der Waals surface area (Å²) in [5.74, 6) is 2.17. The van der Waals surface area contributed by atoms with Crippen molar-refractivity contribution in [2.24, 2.45) is 11.7 Å². The molecule has 2 aromatic rings. The van der Waals surface area contributed by atoms with Crippen molar-refractivity contribution in [3.05, 3.63) is 30.3 Å². The normalized spacial score (nSPS) is 18.6. The smallest absolute Gasteiger partial charge is 0.276 e. The first kappa shape index (κ1) is 16.9. The average Bonchev–Trinajstić information content (AvgIpc) is 3.17. The van der Waals surface area contributed by atoms with E-state index in [0.717, 1.165) is 18.4 Å². The first-order valence-corrected chi connectivity index (χ1v) is 9.02. The van der Waals surface area contributed by atoms with Crippen LogP contribution in [0, 0.1) is 5.92 Å². The number of carbonyl (C=O) groups is 1. The predicted molar refractivity (Wildman–Crippen MR) is 95.2 cm³/mol. The minimum absolute atomic E-state index is 0.105. The summed E-state index contributed by atoms with van der Waals surface area (Å²) in [4.78, 5) is 18.9. The highest BCUT2D eigenvalue weighted by Gasteiger charge is 2.29. The summed E-state index contributed by atoms with van der Waals surface area (Å²) in [7, 11) is 0. The molecule has 1 amide bonds. The zero-order valence-corrected chi connectivity index (χ0v) is 14.8. The number of nitrogens with two attached hydrogens (primary N) is 1. The molecule has 2 aliphatic rings. The second kappa shape index (κ2) is 6.99. The first-order chi connectivity index (χ1) is 12.6. The van der Waals surface area contributed by atoms with Crippen molar-refractivity contribution in [3.63, 3.8) is 0 Å². The number of aromatic nitrogens is 1. The first-order valence-electron chi connectivity index (χ1n) is 9.02. The van der Waals surface area contributed by atoms with Crippen LogP contribution in [0.1, 0.15) is 30.3 Å². The van der Waals surface area contributed by atoms with Crippen LogP contribution in [0.5, 0.6) is 11.5 Å². The number of carbonyl (C=O) groups excluding carboxylic acids is 1. The van der Waals surface area contributed by atoms with Crippen LogP contribution in [0.3, 0.4) is 0 Å². The van der Waals surface area contributed by atoms with Crippen molar-refractivity contribution in [1.82, 2.24) is 9.88 Å². The van der Waals surface area contributed by atoms with E-state index in [1.165, 1.54) is 6.39 Å². The van der Waals surface area contributed by atoms with Gasteiger partial charge in [-0.15, -0.1) is 0 Å². The number of fused-ring (bicyclic) bond motifs is 1. The molecule has 0 saturated carbocycles. The Balaban J connectivity index is 1.55. The molecular formula is C19H23N3O4. The van der Waals surface area contributed by atoms with Crippen molar-refractivity contribution in [2.45, 2.75) is 25.8 Å². The van der Waals surface area contributed by atoms with Crippen LogP contribution in [0.4, 0.5) is 0 Å². The lowest BCUT2D eigenvalue weighted by Crippen LogP contribution is -2.42. The monoisotopic (exact) mass is 357 g/mol. The van der Waals surface area contributed by atoms with E-state index in [-0.39, 0.29) is 11.9 Å². The Morgan fingerprint density at radius 1 is 1.23 bits per heavy atom. The van der Waals surface area contributed by atoms with Crippen LogP contribution >= 0.6 is 0 Å². The summed E-state index contributed by atoms with van der Waals surface area (Å²) in [5.41, 5.74) is 7.07. The summed E-state index contributed by atoms with van der Waals surface area (Å²) in [6, 6.07) is 5.67. The molecule has 1 atom stereocenters. The fourth-order valence-corrected chi connectivity index (χ4v) is 3.57. The van der Waals surface area contributed by atoms with Gasteiger partial charge in [0, 0.05) is 24.7 Å². The molecule has 1 aromatic heterocycles. The Bertz CT molecular complexity index is 794. The Morgan fingerprint density at radius 2 is 1.96 bits per heavy atom. The lowest BCUT2D eigenvalue weighted by atomic mass is 9.91. The van der Waals surface area contributed by atoms with Crippen molar-refractivity contribution in [1.29, 1.82) is 0 Å². The number of benzene rings is 1. The topological polar surface area (TPSA) is 90.8 Å². The van der Waals surface area contributed by atoms with E-state index in [4.69, 9.17) is 19.6 Å². The fourth-order valence-electron chi connectivity index (χ4n) is 3.57. The Morgan fingerprint density at radius 3 is 2.69 bits per heavy atom. The van der Waals surface area contributed by atoms with Gasteiger partial charge < -0.3 is 24.5 Å². The Labute approximate surface area is 152 Å². The van der Waals surface area contributed by atoms with Crippen LogP contribution in [0.25, 0.3) is 11.3 Å². The lowest BCUT2D eigenvalue weighted by molar-refractivity contribution is 0.0676. The van der Waals surface area contributed by atoms with E-state index >= 15 is 0 Å². The van der Waals surface area contributed by atoms with Gasteiger partial charge in [0.25, 0.3) is 5.91 Å². The maximum Gasteiger partial charge on any atom is 0.276 e. The molecule has 4 rings (SSSR count). The number of oxazole rings is 1. The van der Waals surface area contributed by atoms with Crippen LogP contribution in [0.2, 0.25) is 0 Å². The van der Waals surface area contributed by atoms with Crippen LogP contribution in [0.15, 0.2) is 29.0 Å². The van der Waals surface area contributed by atoms with Crippen LogP contribution in [-0.2, 0) is 0 Å². The summed E-state index contributed by atoms with van der Waals surface area (Å²) in [6.07, 6.45) is 3.15. The SMILES string of the molecule is CC(N)C1CCN(C(=O)c2ncoc2-c2ccc3c(c2)OCCO3)CC1. The summed E-state index contributed by atoms with van der Waals surface area (Å²) in [5, 5.41) is 0. The highest BCUT2D eigenvalue weighted by Crippen LogP contribution is 2.36. The average molecular weight is 357 g/mol. The number of piperidine rings is 1. The molecule has 0 radical (unpaired) electrons. The number of hydrogen-bond acceptors (Lipinski definition) is 6. The van der Waals surface area contributed by atoms with E-state index in [2.05, 4.69) is 4.98 Å². The van der Waals surface area contributed by atoms with Crippen molar-refractivity contribution in [3.8, 4) is 22.8 Å². The molecule has 1 unspecified atom stereocenters. The number of likely N-dealkylation sites (tertiary alicyclic amines) is 1. The molecule has 2 N–H and O–H groups in total. The molecule has 7 heteroatoms. The molecule has 3 heterocycles. The van der Waals surface area contributed by atoms with Gasteiger partial charge in [0.1, 0.15) is 13.2 Å². The van der Waals surface area contributed by atoms with Gasteiger partial charge in [-0.3, -0.25) is 4.79 Å². The van der Waals surface area contributed by atoms with Gasteiger partial charge in [-0.25, -0.2) is 4.98 Å².